The van der Waals surface area contributed by atoms with Crippen LogP contribution < -0.4 is 0 Å². The minimum Gasteiger partial charge on any atom is -0.480 e. The zero-order valence-electron chi connectivity index (χ0n) is 14.6. The number of amides is 1. The number of aromatic nitrogens is 2. The summed E-state index contributed by atoms with van der Waals surface area (Å²) in [5.74, 6) is -0.413. The first-order valence-corrected chi connectivity index (χ1v) is 8.54. The average Bonchev–Trinajstić information content (AvgIpc) is 3.13. The molecule has 0 saturated carbocycles. The molecule has 0 radical (unpaired) electrons. The fourth-order valence-corrected chi connectivity index (χ4v) is 3.29. The van der Waals surface area contributed by atoms with Crippen molar-refractivity contribution >= 4 is 11.9 Å². The third kappa shape index (κ3) is 3.19. The second-order valence-corrected chi connectivity index (χ2v) is 6.48. The molecule has 27 heavy (non-hydrogen) atoms. The summed E-state index contributed by atoms with van der Waals surface area (Å²) >= 11 is 0. The normalized spacial score (nSPS) is 16.0. The molecule has 0 unspecified atom stereocenters. The highest BCUT2D eigenvalue weighted by atomic mass is 16.5. The maximum atomic E-state index is 13.0. The molecular weight excluding hydrogens is 346 g/mol. The molecule has 0 saturated heterocycles. The summed E-state index contributed by atoms with van der Waals surface area (Å²) in [6, 6.07) is 13.5. The van der Waals surface area contributed by atoms with Crippen molar-refractivity contribution < 1.29 is 19.2 Å². The van der Waals surface area contributed by atoms with Crippen LogP contribution in [0, 0.1) is 6.92 Å². The van der Waals surface area contributed by atoms with Gasteiger partial charge in [0.05, 0.1) is 0 Å². The van der Waals surface area contributed by atoms with E-state index in [9.17, 15) is 14.7 Å². The smallest absolute Gasteiger partial charge is 0.326 e. The Morgan fingerprint density at radius 3 is 2.44 bits per heavy atom. The molecule has 1 aliphatic heterocycles. The number of nitrogens with zero attached hydrogens (tertiary/aromatic N) is 3. The van der Waals surface area contributed by atoms with Crippen LogP contribution in [-0.4, -0.2) is 38.1 Å². The van der Waals surface area contributed by atoms with E-state index < -0.39 is 12.0 Å². The Morgan fingerprint density at radius 2 is 1.81 bits per heavy atom. The Bertz CT molecular complexity index is 1010. The number of rotatable bonds is 3. The summed E-state index contributed by atoms with van der Waals surface area (Å²) in [5, 5.41) is 13.4. The molecule has 1 amide bonds. The molecule has 136 valence electrons. The van der Waals surface area contributed by atoms with Crippen LogP contribution in [0.4, 0.5) is 0 Å². The van der Waals surface area contributed by atoms with Crippen molar-refractivity contribution in [2.45, 2.75) is 25.9 Å². The van der Waals surface area contributed by atoms with Crippen LogP contribution in [-0.2, 0) is 17.8 Å². The van der Waals surface area contributed by atoms with Gasteiger partial charge in [0.25, 0.3) is 11.8 Å². The highest BCUT2D eigenvalue weighted by Crippen LogP contribution is 2.26. The van der Waals surface area contributed by atoms with Crippen molar-refractivity contribution in [3.8, 4) is 11.5 Å². The monoisotopic (exact) mass is 363 g/mol. The standard InChI is InChI=1S/C20H17N3O4/c1-12-21-18(27-22-12)13-6-8-14(9-7-13)19(24)23-11-16-5-3-2-4-15(16)10-17(23)20(25)26/h2-9,17H,10-11H2,1H3,(H,25,26)/t17-/m1/s1. The Morgan fingerprint density at radius 1 is 1.11 bits per heavy atom. The highest BCUT2D eigenvalue weighted by Gasteiger charge is 2.34. The molecule has 7 nitrogen and oxygen atoms in total. The molecule has 1 atom stereocenters. The molecule has 4 rings (SSSR count). The van der Waals surface area contributed by atoms with Gasteiger partial charge < -0.3 is 14.5 Å². The molecule has 1 aliphatic rings. The van der Waals surface area contributed by atoms with Crippen LogP contribution in [0.25, 0.3) is 11.5 Å². The number of carboxylic acid groups (broad SMARTS) is 1. The second kappa shape index (κ2) is 6.68. The van der Waals surface area contributed by atoms with Gasteiger partial charge in [-0.3, -0.25) is 4.79 Å². The summed E-state index contributed by atoms with van der Waals surface area (Å²) < 4.78 is 5.12. The van der Waals surface area contributed by atoms with Crippen LogP contribution in [0.3, 0.4) is 0 Å². The van der Waals surface area contributed by atoms with Gasteiger partial charge in [0.2, 0.25) is 0 Å². The minimum atomic E-state index is -1.00. The predicted octanol–water partition coefficient (Wildman–Crippen LogP) is 2.70. The van der Waals surface area contributed by atoms with Gasteiger partial charge in [-0.2, -0.15) is 4.98 Å². The number of carbonyl (C=O) groups is 2. The van der Waals surface area contributed by atoms with Gasteiger partial charge in [0.1, 0.15) is 6.04 Å². The van der Waals surface area contributed by atoms with E-state index in [-0.39, 0.29) is 12.5 Å². The Labute approximate surface area is 155 Å². The minimum absolute atomic E-state index is 0.274. The number of fused-ring (bicyclic) bond motifs is 1. The van der Waals surface area contributed by atoms with E-state index in [2.05, 4.69) is 10.1 Å². The van der Waals surface area contributed by atoms with Gasteiger partial charge in [-0.05, 0) is 42.3 Å². The van der Waals surface area contributed by atoms with Gasteiger partial charge in [0, 0.05) is 24.1 Å². The van der Waals surface area contributed by atoms with E-state index in [1.54, 1.807) is 31.2 Å². The average molecular weight is 363 g/mol. The SMILES string of the molecule is Cc1noc(-c2ccc(C(=O)N3Cc4ccccc4C[C@@H]3C(=O)O)cc2)n1. The number of benzene rings is 2. The first-order valence-electron chi connectivity index (χ1n) is 8.54. The lowest BCUT2D eigenvalue weighted by Gasteiger charge is -2.34. The number of aryl methyl sites for hydroxylation is 1. The number of carboxylic acids is 1. The molecule has 2 heterocycles. The van der Waals surface area contributed by atoms with E-state index in [0.29, 0.717) is 29.3 Å². The molecular formula is C20H17N3O4. The van der Waals surface area contributed by atoms with Gasteiger partial charge in [-0.15, -0.1) is 0 Å². The largest absolute Gasteiger partial charge is 0.480 e. The molecule has 3 aromatic rings. The lowest BCUT2D eigenvalue weighted by atomic mass is 9.93. The zero-order chi connectivity index (χ0) is 19.0. The molecule has 0 fully saturated rings. The zero-order valence-corrected chi connectivity index (χ0v) is 14.6. The Kier molecular flexibility index (Phi) is 4.19. The summed E-state index contributed by atoms with van der Waals surface area (Å²) in [6.07, 6.45) is 0.302. The van der Waals surface area contributed by atoms with Gasteiger partial charge >= 0.3 is 5.97 Å². The Hall–Kier alpha value is -3.48. The van der Waals surface area contributed by atoms with Gasteiger partial charge in [-0.25, -0.2) is 4.79 Å². The van der Waals surface area contributed by atoms with Crippen molar-refractivity contribution in [1.29, 1.82) is 0 Å². The van der Waals surface area contributed by atoms with Crippen LogP contribution in [0.1, 0.15) is 27.3 Å². The maximum Gasteiger partial charge on any atom is 0.326 e. The number of aliphatic carboxylic acids is 1. The van der Waals surface area contributed by atoms with E-state index in [1.807, 2.05) is 24.3 Å². The van der Waals surface area contributed by atoms with Crippen LogP contribution in [0.5, 0.6) is 0 Å². The molecule has 0 aliphatic carbocycles. The Balaban J connectivity index is 1.62. The van der Waals surface area contributed by atoms with Crippen LogP contribution in [0.15, 0.2) is 53.1 Å². The van der Waals surface area contributed by atoms with Crippen molar-refractivity contribution in [2.24, 2.45) is 0 Å². The quantitative estimate of drug-likeness (QED) is 0.768. The number of hydrogen-bond acceptors (Lipinski definition) is 5. The highest BCUT2D eigenvalue weighted by molar-refractivity contribution is 5.97. The second-order valence-electron chi connectivity index (χ2n) is 6.48. The maximum absolute atomic E-state index is 13.0. The lowest BCUT2D eigenvalue weighted by Crippen LogP contribution is -2.48. The molecule has 2 aromatic carbocycles. The van der Waals surface area contributed by atoms with E-state index in [1.165, 1.54) is 4.90 Å². The number of hydrogen-bond donors (Lipinski definition) is 1. The predicted molar refractivity (Wildman–Crippen MR) is 95.9 cm³/mol. The molecule has 0 bridgehead atoms. The molecule has 0 spiro atoms. The first kappa shape index (κ1) is 17.0. The summed E-state index contributed by atoms with van der Waals surface area (Å²) in [4.78, 5) is 30.3. The van der Waals surface area contributed by atoms with E-state index in [4.69, 9.17) is 4.52 Å². The third-order valence-electron chi connectivity index (χ3n) is 4.70. The lowest BCUT2D eigenvalue weighted by molar-refractivity contribution is -0.142. The van der Waals surface area contributed by atoms with Crippen molar-refractivity contribution in [2.75, 3.05) is 0 Å². The summed E-state index contributed by atoms with van der Waals surface area (Å²) in [6.45, 7) is 2.00. The van der Waals surface area contributed by atoms with Crippen molar-refractivity contribution in [3.63, 3.8) is 0 Å². The topological polar surface area (TPSA) is 96.5 Å². The van der Waals surface area contributed by atoms with E-state index >= 15 is 0 Å². The summed E-state index contributed by atoms with van der Waals surface area (Å²) in [7, 11) is 0. The van der Waals surface area contributed by atoms with Crippen LogP contribution in [0.2, 0.25) is 0 Å². The first-order chi connectivity index (χ1) is 13.0. The van der Waals surface area contributed by atoms with Gasteiger partial charge in [-0.1, -0.05) is 29.4 Å². The van der Waals surface area contributed by atoms with E-state index in [0.717, 1.165) is 11.1 Å². The fraction of sp³-hybridized carbons (Fsp3) is 0.200. The molecule has 1 aromatic heterocycles. The molecule has 7 heteroatoms. The summed E-state index contributed by atoms with van der Waals surface area (Å²) in [5.41, 5.74) is 3.06. The fourth-order valence-electron chi connectivity index (χ4n) is 3.29. The van der Waals surface area contributed by atoms with Crippen molar-refractivity contribution in [1.82, 2.24) is 15.0 Å². The van der Waals surface area contributed by atoms with Crippen LogP contribution >= 0.6 is 0 Å². The van der Waals surface area contributed by atoms with Gasteiger partial charge in [0.15, 0.2) is 5.82 Å². The third-order valence-corrected chi connectivity index (χ3v) is 4.70. The number of carbonyl (C=O) groups excluding carboxylic acids is 1. The molecule has 1 N–H and O–H groups in total. The van der Waals surface area contributed by atoms with Crippen molar-refractivity contribution in [3.05, 3.63) is 71.0 Å².